The number of aromatic hydroxyl groups is 1. The van der Waals surface area contributed by atoms with Crippen LogP contribution in [0.4, 0.5) is 0 Å². The highest BCUT2D eigenvalue weighted by Gasteiger charge is 2.08. The largest absolute Gasteiger partial charge is 0.508 e. The van der Waals surface area contributed by atoms with E-state index in [2.05, 4.69) is 12.2 Å². The van der Waals surface area contributed by atoms with Gasteiger partial charge in [0.15, 0.2) is 0 Å². The molecule has 12 heavy (non-hydrogen) atoms. The number of aryl methyl sites for hydroxylation is 1. The summed E-state index contributed by atoms with van der Waals surface area (Å²) in [7, 11) is 0. The molecule has 1 N–H and O–H groups in total. The molecule has 0 aliphatic heterocycles. The van der Waals surface area contributed by atoms with Crippen molar-refractivity contribution in [3.8, 4) is 5.75 Å². The summed E-state index contributed by atoms with van der Waals surface area (Å²) in [6.07, 6.45) is 6.49. The topological polar surface area (TPSA) is 20.2 Å². The minimum atomic E-state index is 0.403. The Morgan fingerprint density at radius 1 is 1.33 bits per heavy atom. The molecule has 0 saturated heterocycles. The first-order chi connectivity index (χ1) is 5.79. The number of hydrogen-bond acceptors (Lipinski definition) is 1. The quantitative estimate of drug-likeness (QED) is 0.618. The van der Waals surface area contributed by atoms with Crippen LogP contribution >= 0.6 is 0 Å². The molecule has 0 atom stereocenters. The summed E-state index contributed by atoms with van der Waals surface area (Å²) < 4.78 is 0. The number of allylic oxidation sites excluding steroid dienone is 1. The predicted octanol–water partition coefficient (Wildman–Crippen LogP) is 2.66. The van der Waals surface area contributed by atoms with Crippen LogP contribution < -0.4 is 0 Å². The van der Waals surface area contributed by atoms with Gasteiger partial charge in [-0.3, -0.25) is 0 Å². The van der Waals surface area contributed by atoms with Crippen molar-refractivity contribution in [3.63, 3.8) is 0 Å². The van der Waals surface area contributed by atoms with E-state index in [1.54, 1.807) is 6.07 Å². The van der Waals surface area contributed by atoms with Crippen molar-refractivity contribution < 1.29 is 5.11 Å². The number of benzene rings is 1. The van der Waals surface area contributed by atoms with E-state index in [9.17, 15) is 5.11 Å². The smallest absolute Gasteiger partial charge is 0.119 e. The second-order valence-electron chi connectivity index (χ2n) is 3.22. The van der Waals surface area contributed by atoms with Crippen molar-refractivity contribution >= 4 is 6.08 Å². The molecular weight excluding hydrogens is 148 g/mol. The van der Waals surface area contributed by atoms with Gasteiger partial charge in [0.05, 0.1) is 0 Å². The maximum absolute atomic E-state index is 9.44. The van der Waals surface area contributed by atoms with E-state index in [0.717, 1.165) is 18.4 Å². The van der Waals surface area contributed by atoms with E-state index >= 15 is 0 Å². The maximum atomic E-state index is 9.44. The standard InChI is InChI=1S/C11H12O/c1-8-10-5-3-2-4-9(10)6-7-11(8)12/h3,5-7,12H,2,4H2,1H3. The average molecular weight is 160 g/mol. The lowest BCUT2D eigenvalue weighted by Gasteiger charge is -2.13. The first kappa shape index (κ1) is 7.41. The van der Waals surface area contributed by atoms with E-state index in [1.165, 1.54) is 11.1 Å². The Morgan fingerprint density at radius 2 is 2.17 bits per heavy atom. The molecular formula is C11H12O. The lowest BCUT2D eigenvalue weighted by atomic mass is 9.93. The molecule has 0 unspecified atom stereocenters. The molecule has 62 valence electrons. The fraction of sp³-hybridized carbons (Fsp3) is 0.273. The van der Waals surface area contributed by atoms with Gasteiger partial charge in [-0.25, -0.2) is 0 Å². The van der Waals surface area contributed by atoms with Gasteiger partial charge < -0.3 is 5.11 Å². The summed E-state index contributed by atoms with van der Waals surface area (Å²) in [4.78, 5) is 0. The highest BCUT2D eigenvalue weighted by Crippen LogP contribution is 2.28. The molecule has 2 rings (SSSR count). The molecule has 0 spiro atoms. The van der Waals surface area contributed by atoms with E-state index < -0.39 is 0 Å². The van der Waals surface area contributed by atoms with Crippen molar-refractivity contribution in [1.29, 1.82) is 0 Å². The first-order valence-electron chi connectivity index (χ1n) is 4.27. The summed E-state index contributed by atoms with van der Waals surface area (Å²) >= 11 is 0. The lowest BCUT2D eigenvalue weighted by Crippen LogP contribution is -1.96. The number of rotatable bonds is 0. The first-order valence-corrected chi connectivity index (χ1v) is 4.27. The van der Waals surface area contributed by atoms with Gasteiger partial charge in [-0.2, -0.15) is 0 Å². The van der Waals surface area contributed by atoms with Crippen molar-refractivity contribution in [2.75, 3.05) is 0 Å². The molecule has 1 heteroatoms. The van der Waals surface area contributed by atoms with Gasteiger partial charge >= 0.3 is 0 Å². The summed E-state index contributed by atoms with van der Waals surface area (Å²) in [5.41, 5.74) is 3.57. The minimum Gasteiger partial charge on any atom is -0.508 e. The van der Waals surface area contributed by atoms with Crippen LogP contribution in [-0.4, -0.2) is 5.11 Å². The van der Waals surface area contributed by atoms with Gasteiger partial charge in [0.1, 0.15) is 5.75 Å². The Labute approximate surface area is 72.4 Å². The average Bonchev–Trinajstić information content (AvgIpc) is 2.12. The molecule has 1 aliphatic carbocycles. The predicted molar refractivity (Wildman–Crippen MR) is 50.2 cm³/mol. The summed E-state index contributed by atoms with van der Waals surface area (Å²) in [5.74, 6) is 0.403. The SMILES string of the molecule is Cc1c(O)ccc2c1C=CCC2. The Balaban J connectivity index is 2.64. The number of phenols is 1. The third-order valence-corrected chi connectivity index (χ3v) is 2.44. The van der Waals surface area contributed by atoms with Crippen LogP contribution in [0.5, 0.6) is 5.75 Å². The Hall–Kier alpha value is -1.24. The minimum absolute atomic E-state index is 0.403. The molecule has 1 nitrogen and oxygen atoms in total. The Bertz CT molecular complexity index is 337. The second-order valence-corrected chi connectivity index (χ2v) is 3.22. The maximum Gasteiger partial charge on any atom is 0.119 e. The fourth-order valence-corrected chi connectivity index (χ4v) is 1.66. The van der Waals surface area contributed by atoms with Crippen LogP contribution in [-0.2, 0) is 6.42 Å². The molecule has 0 radical (unpaired) electrons. The van der Waals surface area contributed by atoms with E-state index in [4.69, 9.17) is 0 Å². The lowest BCUT2D eigenvalue weighted by molar-refractivity contribution is 0.470. The fourth-order valence-electron chi connectivity index (χ4n) is 1.66. The highest BCUT2D eigenvalue weighted by molar-refractivity contribution is 5.62. The van der Waals surface area contributed by atoms with Gasteiger partial charge in [0.25, 0.3) is 0 Å². The van der Waals surface area contributed by atoms with Crippen LogP contribution in [0.1, 0.15) is 23.1 Å². The third kappa shape index (κ3) is 1.02. The van der Waals surface area contributed by atoms with Crippen molar-refractivity contribution in [1.82, 2.24) is 0 Å². The molecule has 0 bridgehead atoms. The van der Waals surface area contributed by atoms with E-state index in [1.807, 2.05) is 13.0 Å². The zero-order valence-corrected chi connectivity index (χ0v) is 7.17. The van der Waals surface area contributed by atoms with Gasteiger partial charge in [-0.05, 0) is 42.5 Å². The van der Waals surface area contributed by atoms with Gasteiger partial charge in [0.2, 0.25) is 0 Å². The van der Waals surface area contributed by atoms with Crippen LogP contribution in [0.3, 0.4) is 0 Å². The summed E-state index contributed by atoms with van der Waals surface area (Å²) in [6.45, 7) is 1.96. The van der Waals surface area contributed by atoms with Crippen molar-refractivity contribution in [2.45, 2.75) is 19.8 Å². The van der Waals surface area contributed by atoms with Crippen molar-refractivity contribution in [3.05, 3.63) is 34.9 Å². The third-order valence-electron chi connectivity index (χ3n) is 2.44. The second kappa shape index (κ2) is 2.67. The van der Waals surface area contributed by atoms with Crippen LogP contribution in [0.2, 0.25) is 0 Å². The van der Waals surface area contributed by atoms with E-state index in [0.29, 0.717) is 5.75 Å². The monoisotopic (exact) mass is 160 g/mol. The molecule has 1 aliphatic rings. The highest BCUT2D eigenvalue weighted by atomic mass is 16.3. The Morgan fingerprint density at radius 3 is 3.00 bits per heavy atom. The summed E-state index contributed by atoms with van der Waals surface area (Å²) in [6, 6.07) is 3.80. The molecule has 0 aromatic heterocycles. The number of hydrogen-bond donors (Lipinski definition) is 1. The van der Waals surface area contributed by atoms with Crippen LogP contribution in [0.15, 0.2) is 18.2 Å². The van der Waals surface area contributed by atoms with Crippen molar-refractivity contribution in [2.24, 2.45) is 0 Å². The van der Waals surface area contributed by atoms with Crippen LogP contribution in [0.25, 0.3) is 6.08 Å². The molecule has 0 amide bonds. The zero-order valence-electron chi connectivity index (χ0n) is 7.17. The Kier molecular flexibility index (Phi) is 1.65. The molecule has 0 fully saturated rings. The number of phenolic OH excluding ortho intramolecular Hbond substituents is 1. The van der Waals surface area contributed by atoms with E-state index in [-0.39, 0.29) is 0 Å². The molecule has 0 heterocycles. The van der Waals surface area contributed by atoms with Gasteiger partial charge in [-0.1, -0.05) is 18.2 Å². The zero-order chi connectivity index (χ0) is 8.55. The van der Waals surface area contributed by atoms with Crippen LogP contribution in [0, 0.1) is 6.92 Å². The molecule has 1 aromatic carbocycles. The van der Waals surface area contributed by atoms with Gasteiger partial charge in [-0.15, -0.1) is 0 Å². The van der Waals surface area contributed by atoms with Gasteiger partial charge in [0, 0.05) is 0 Å². The number of fused-ring (bicyclic) bond motifs is 1. The molecule has 0 saturated carbocycles. The summed E-state index contributed by atoms with van der Waals surface area (Å²) in [5, 5.41) is 9.44. The normalized spacial score (nSPS) is 14.4. The molecule has 1 aromatic rings.